The van der Waals surface area contributed by atoms with Crippen LogP contribution < -0.4 is 9.47 Å². The van der Waals surface area contributed by atoms with Crippen LogP contribution in [0, 0.1) is 0 Å². The van der Waals surface area contributed by atoms with Crippen LogP contribution in [0.3, 0.4) is 0 Å². The summed E-state index contributed by atoms with van der Waals surface area (Å²) in [6.45, 7) is 6.33. The molecule has 5 heteroatoms. The first-order valence-corrected chi connectivity index (χ1v) is 10.8. The normalized spacial score (nSPS) is 15.4. The van der Waals surface area contributed by atoms with Gasteiger partial charge in [-0.25, -0.2) is 0 Å². The zero-order valence-electron chi connectivity index (χ0n) is 18.0. The van der Waals surface area contributed by atoms with Crippen LogP contribution in [0.25, 0.3) is 10.9 Å². The Bertz CT molecular complexity index is 962. The summed E-state index contributed by atoms with van der Waals surface area (Å²) in [5, 5.41) is 1.08. The van der Waals surface area contributed by atoms with Gasteiger partial charge in [-0.05, 0) is 56.3 Å². The highest BCUT2D eigenvalue weighted by Crippen LogP contribution is 2.27. The van der Waals surface area contributed by atoms with E-state index in [1.165, 1.54) is 38.2 Å². The lowest BCUT2D eigenvalue weighted by atomic mass is 10.1. The van der Waals surface area contributed by atoms with E-state index in [4.69, 9.17) is 9.47 Å². The predicted octanol–water partition coefficient (Wildman–Crippen LogP) is 4.00. The number of hydrogen-bond donors (Lipinski definition) is 0. The van der Waals surface area contributed by atoms with Gasteiger partial charge in [0, 0.05) is 43.3 Å². The first-order valence-electron chi connectivity index (χ1n) is 10.8. The molecule has 0 saturated carbocycles. The molecule has 1 aliphatic heterocycles. The molecule has 0 bridgehead atoms. The third kappa shape index (κ3) is 5.10. The van der Waals surface area contributed by atoms with Crippen LogP contribution in [0.1, 0.15) is 17.5 Å². The molecule has 3 aromatic rings. The third-order valence-corrected chi connectivity index (χ3v) is 5.86. The number of pyridine rings is 1. The summed E-state index contributed by atoms with van der Waals surface area (Å²) in [6, 6.07) is 16.5. The Balaban J connectivity index is 1.38. The van der Waals surface area contributed by atoms with Crippen LogP contribution in [0.5, 0.6) is 11.5 Å². The maximum atomic E-state index is 6.16. The minimum atomic E-state index is 0.463. The Morgan fingerprint density at radius 1 is 0.967 bits per heavy atom. The van der Waals surface area contributed by atoms with Gasteiger partial charge in [-0.2, -0.15) is 0 Å². The van der Waals surface area contributed by atoms with Crippen molar-refractivity contribution in [2.75, 3.05) is 46.9 Å². The minimum absolute atomic E-state index is 0.463. The second kappa shape index (κ2) is 9.92. The van der Waals surface area contributed by atoms with Crippen molar-refractivity contribution in [2.45, 2.75) is 19.4 Å². The number of hydrogen-bond acceptors (Lipinski definition) is 5. The molecule has 5 nitrogen and oxygen atoms in total. The zero-order chi connectivity index (χ0) is 20.8. The predicted molar refractivity (Wildman–Crippen MR) is 121 cm³/mol. The Morgan fingerprint density at radius 3 is 2.63 bits per heavy atom. The molecular formula is C25H31N3O2. The van der Waals surface area contributed by atoms with E-state index in [9.17, 15) is 0 Å². The fourth-order valence-electron chi connectivity index (χ4n) is 4.03. The monoisotopic (exact) mass is 405 g/mol. The Labute approximate surface area is 179 Å². The molecule has 2 heterocycles. The molecule has 2 aromatic carbocycles. The summed E-state index contributed by atoms with van der Waals surface area (Å²) in [6.07, 6.45) is 4.04. The lowest BCUT2D eigenvalue weighted by Gasteiger charge is -2.32. The highest BCUT2D eigenvalue weighted by Gasteiger charge is 2.13. The van der Waals surface area contributed by atoms with Crippen molar-refractivity contribution in [3.05, 3.63) is 65.9 Å². The maximum absolute atomic E-state index is 6.16. The largest absolute Gasteiger partial charge is 0.496 e. The van der Waals surface area contributed by atoms with Crippen LogP contribution in [0.2, 0.25) is 0 Å². The molecule has 158 valence electrons. The molecule has 1 aliphatic rings. The second-order valence-corrected chi connectivity index (χ2v) is 8.01. The van der Waals surface area contributed by atoms with Gasteiger partial charge in [0.2, 0.25) is 0 Å². The molecule has 1 aromatic heterocycles. The smallest absolute Gasteiger partial charge is 0.146 e. The Kier molecular flexibility index (Phi) is 6.82. The van der Waals surface area contributed by atoms with E-state index < -0.39 is 0 Å². The van der Waals surface area contributed by atoms with Crippen LogP contribution in [0.4, 0.5) is 0 Å². The number of ether oxygens (including phenoxy) is 2. The number of nitrogens with zero attached hydrogens (tertiary/aromatic N) is 3. The lowest BCUT2D eigenvalue weighted by molar-refractivity contribution is 0.153. The standard InChI is InChI=1S/C25H31N3O2/c1-27-14-16-28(17-15-27)13-5-6-20-10-11-23(29-2)22(18-20)19-30-24-9-3-7-21-8-4-12-26-25(21)24/h3-4,7-12,18H,5-6,13-17,19H2,1-2H3. The number of benzene rings is 2. The summed E-state index contributed by atoms with van der Waals surface area (Å²) in [7, 11) is 3.91. The summed E-state index contributed by atoms with van der Waals surface area (Å²) in [5.41, 5.74) is 3.30. The molecular weight excluding hydrogens is 374 g/mol. The Morgan fingerprint density at radius 2 is 1.80 bits per heavy atom. The highest BCUT2D eigenvalue weighted by atomic mass is 16.5. The number of aryl methyl sites for hydroxylation is 1. The molecule has 1 fully saturated rings. The quantitative estimate of drug-likeness (QED) is 0.566. The third-order valence-electron chi connectivity index (χ3n) is 5.86. The zero-order valence-corrected chi connectivity index (χ0v) is 18.0. The van der Waals surface area contributed by atoms with Gasteiger partial charge in [0.05, 0.1) is 7.11 Å². The minimum Gasteiger partial charge on any atom is -0.496 e. The average Bonchev–Trinajstić information content (AvgIpc) is 2.79. The van der Waals surface area contributed by atoms with Crippen molar-refractivity contribution in [3.63, 3.8) is 0 Å². The summed E-state index contributed by atoms with van der Waals surface area (Å²) < 4.78 is 11.7. The molecule has 0 unspecified atom stereocenters. The van der Waals surface area contributed by atoms with Crippen molar-refractivity contribution in [2.24, 2.45) is 0 Å². The number of rotatable bonds is 8. The second-order valence-electron chi connectivity index (χ2n) is 8.01. The van der Waals surface area contributed by atoms with Gasteiger partial charge >= 0.3 is 0 Å². The van der Waals surface area contributed by atoms with Crippen molar-refractivity contribution in [1.29, 1.82) is 0 Å². The molecule has 0 spiro atoms. The molecule has 0 radical (unpaired) electrons. The number of aromatic nitrogens is 1. The van der Waals surface area contributed by atoms with Gasteiger partial charge < -0.3 is 19.3 Å². The number of likely N-dealkylation sites (N-methyl/N-ethyl adjacent to an activating group) is 1. The van der Waals surface area contributed by atoms with Crippen molar-refractivity contribution >= 4 is 10.9 Å². The number of piperazine rings is 1. The van der Waals surface area contributed by atoms with E-state index in [2.05, 4.69) is 52.2 Å². The van der Waals surface area contributed by atoms with Gasteiger partial charge in [-0.1, -0.05) is 24.3 Å². The Hall–Kier alpha value is -2.63. The van der Waals surface area contributed by atoms with Gasteiger partial charge in [-0.3, -0.25) is 4.98 Å². The first kappa shape index (κ1) is 20.6. The molecule has 0 N–H and O–H groups in total. The van der Waals surface area contributed by atoms with Crippen LogP contribution in [0.15, 0.2) is 54.7 Å². The van der Waals surface area contributed by atoms with Crippen LogP contribution in [-0.4, -0.2) is 61.7 Å². The van der Waals surface area contributed by atoms with Crippen LogP contribution >= 0.6 is 0 Å². The van der Waals surface area contributed by atoms with E-state index in [0.29, 0.717) is 6.61 Å². The number of fused-ring (bicyclic) bond motifs is 1. The van der Waals surface area contributed by atoms with Crippen molar-refractivity contribution < 1.29 is 9.47 Å². The molecule has 4 rings (SSSR count). The van der Waals surface area contributed by atoms with E-state index in [1.807, 2.05) is 18.2 Å². The van der Waals surface area contributed by atoms with Gasteiger partial charge in [0.25, 0.3) is 0 Å². The van der Waals surface area contributed by atoms with E-state index in [1.54, 1.807) is 13.3 Å². The SMILES string of the molecule is COc1ccc(CCCN2CCN(C)CC2)cc1COc1cccc2cccnc12. The van der Waals surface area contributed by atoms with Crippen molar-refractivity contribution in [3.8, 4) is 11.5 Å². The lowest BCUT2D eigenvalue weighted by Crippen LogP contribution is -2.44. The molecule has 0 atom stereocenters. The van der Waals surface area contributed by atoms with Crippen molar-refractivity contribution in [1.82, 2.24) is 14.8 Å². The van der Waals surface area contributed by atoms with Gasteiger partial charge in [0.1, 0.15) is 23.6 Å². The summed E-state index contributed by atoms with van der Waals surface area (Å²) in [4.78, 5) is 9.45. The fraction of sp³-hybridized carbons (Fsp3) is 0.400. The summed E-state index contributed by atoms with van der Waals surface area (Å²) in [5.74, 6) is 1.67. The maximum Gasteiger partial charge on any atom is 0.146 e. The number of para-hydroxylation sites is 1. The fourth-order valence-corrected chi connectivity index (χ4v) is 4.03. The topological polar surface area (TPSA) is 37.8 Å². The summed E-state index contributed by atoms with van der Waals surface area (Å²) >= 11 is 0. The first-order chi connectivity index (χ1) is 14.7. The van der Waals surface area contributed by atoms with Crippen LogP contribution in [-0.2, 0) is 13.0 Å². The average molecular weight is 406 g/mol. The number of methoxy groups -OCH3 is 1. The molecule has 0 amide bonds. The van der Waals surface area contributed by atoms with Gasteiger partial charge in [0.15, 0.2) is 0 Å². The molecule has 30 heavy (non-hydrogen) atoms. The van der Waals surface area contributed by atoms with Gasteiger partial charge in [-0.15, -0.1) is 0 Å². The molecule has 0 aliphatic carbocycles. The van der Waals surface area contributed by atoms with E-state index >= 15 is 0 Å². The molecule has 1 saturated heterocycles. The van der Waals surface area contributed by atoms with E-state index in [0.717, 1.165) is 40.9 Å². The van der Waals surface area contributed by atoms with E-state index in [-0.39, 0.29) is 0 Å². The highest BCUT2D eigenvalue weighted by molar-refractivity contribution is 5.84.